The van der Waals surface area contributed by atoms with Crippen molar-refractivity contribution in [3.63, 3.8) is 0 Å². The normalized spacial score (nSPS) is 11.1. The zero-order valence-electron chi connectivity index (χ0n) is 19.3. The number of aromatic nitrogens is 6. The maximum Gasteiger partial charge on any atom is 0.261 e. The molecule has 0 radical (unpaired) electrons. The molecule has 0 fully saturated rings. The minimum absolute atomic E-state index is 0.152. The van der Waals surface area contributed by atoms with Gasteiger partial charge in [0.05, 0.1) is 35.4 Å². The predicted octanol–water partition coefficient (Wildman–Crippen LogP) is 2.49. The fourth-order valence-corrected chi connectivity index (χ4v) is 3.86. The van der Waals surface area contributed by atoms with Crippen molar-refractivity contribution < 1.29 is 9.18 Å². The highest BCUT2D eigenvalue weighted by Gasteiger charge is 2.11. The van der Waals surface area contributed by atoms with Crippen molar-refractivity contribution in [2.75, 3.05) is 11.9 Å². The number of nitrogens with zero attached hydrogens (tertiary/aromatic N) is 6. The summed E-state index contributed by atoms with van der Waals surface area (Å²) in [6.07, 6.45) is 4.74. The molecule has 0 spiro atoms. The number of para-hydroxylation sites is 1. The lowest BCUT2D eigenvalue weighted by molar-refractivity contribution is -0.121. The van der Waals surface area contributed by atoms with Crippen LogP contribution in [0.1, 0.15) is 12.0 Å². The average Bonchev–Trinajstić information content (AvgIpc) is 3.32. The number of fused-ring (bicyclic) bond motifs is 2. The van der Waals surface area contributed by atoms with Crippen LogP contribution in [0.25, 0.3) is 21.9 Å². The third-order valence-corrected chi connectivity index (χ3v) is 5.76. The smallest absolute Gasteiger partial charge is 0.261 e. The van der Waals surface area contributed by atoms with E-state index in [0.717, 1.165) is 10.9 Å². The average molecular weight is 487 g/mol. The number of anilines is 1. The molecule has 0 aliphatic carbocycles. The van der Waals surface area contributed by atoms with Gasteiger partial charge in [-0.25, -0.2) is 24.0 Å². The summed E-state index contributed by atoms with van der Waals surface area (Å²) >= 11 is 0. The zero-order valence-corrected chi connectivity index (χ0v) is 19.3. The van der Waals surface area contributed by atoms with Gasteiger partial charge in [0.2, 0.25) is 5.91 Å². The Morgan fingerprint density at radius 2 is 1.81 bits per heavy atom. The van der Waals surface area contributed by atoms with Crippen LogP contribution in [0, 0.1) is 5.82 Å². The molecule has 36 heavy (non-hydrogen) atoms. The second-order valence-electron chi connectivity index (χ2n) is 8.17. The van der Waals surface area contributed by atoms with Crippen LogP contribution in [-0.2, 0) is 24.4 Å². The van der Waals surface area contributed by atoms with Crippen molar-refractivity contribution in [3.05, 3.63) is 89.1 Å². The van der Waals surface area contributed by atoms with Gasteiger partial charge in [-0.15, -0.1) is 0 Å². The summed E-state index contributed by atoms with van der Waals surface area (Å²) < 4.78 is 16.2. The number of carbonyl (C=O) groups excluding carboxylic acids is 1. The molecule has 0 saturated carbocycles. The van der Waals surface area contributed by atoms with E-state index in [-0.39, 0.29) is 30.2 Å². The minimum Gasteiger partial charge on any atom is -0.365 e. The van der Waals surface area contributed by atoms with Gasteiger partial charge in [0, 0.05) is 26.1 Å². The van der Waals surface area contributed by atoms with E-state index in [0.29, 0.717) is 42.0 Å². The summed E-state index contributed by atoms with van der Waals surface area (Å²) in [5, 5.41) is 11.7. The van der Waals surface area contributed by atoms with Crippen molar-refractivity contribution in [1.29, 1.82) is 0 Å². The highest BCUT2D eigenvalue weighted by molar-refractivity contribution is 5.86. The zero-order chi connectivity index (χ0) is 24.9. The van der Waals surface area contributed by atoms with Gasteiger partial charge in [0.25, 0.3) is 5.56 Å². The molecule has 182 valence electrons. The third-order valence-electron chi connectivity index (χ3n) is 5.76. The first kappa shape index (κ1) is 23.1. The number of aryl methyl sites for hydroxylation is 1. The van der Waals surface area contributed by atoms with Crippen molar-refractivity contribution in [2.45, 2.75) is 26.1 Å². The monoisotopic (exact) mass is 486 g/mol. The molecular weight excluding hydrogens is 463 g/mol. The SMILES string of the molecule is O=C(CCn1cnc2ccccc2c1=O)NCCn1ncc2c(NCc3ccc(F)cc3)ncnc21. The first-order valence-corrected chi connectivity index (χ1v) is 11.4. The molecule has 2 N–H and O–H groups in total. The fraction of sp³-hybridized carbons (Fsp3) is 0.200. The van der Waals surface area contributed by atoms with Gasteiger partial charge in [-0.2, -0.15) is 5.10 Å². The second-order valence-corrected chi connectivity index (χ2v) is 8.17. The van der Waals surface area contributed by atoms with Crippen LogP contribution in [0.5, 0.6) is 0 Å². The lowest BCUT2D eigenvalue weighted by atomic mass is 10.2. The molecule has 0 aliphatic heterocycles. The van der Waals surface area contributed by atoms with Crippen molar-refractivity contribution in [2.24, 2.45) is 0 Å². The van der Waals surface area contributed by atoms with Crippen LogP contribution in [0.3, 0.4) is 0 Å². The number of halogens is 1. The Labute approximate surface area is 204 Å². The lowest BCUT2D eigenvalue weighted by Gasteiger charge is -2.09. The Morgan fingerprint density at radius 1 is 0.972 bits per heavy atom. The van der Waals surface area contributed by atoms with Gasteiger partial charge >= 0.3 is 0 Å². The highest BCUT2D eigenvalue weighted by atomic mass is 19.1. The van der Waals surface area contributed by atoms with Gasteiger partial charge in [-0.1, -0.05) is 24.3 Å². The lowest BCUT2D eigenvalue weighted by Crippen LogP contribution is -2.30. The molecule has 0 atom stereocenters. The van der Waals surface area contributed by atoms with E-state index in [1.54, 1.807) is 41.2 Å². The van der Waals surface area contributed by atoms with Crippen molar-refractivity contribution in [3.8, 4) is 0 Å². The predicted molar refractivity (Wildman–Crippen MR) is 133 cm³/mol. The van der Waals surface area contributed by atoms with E-state index in [2.05, 4.69) is 30.7 Å². The molecule has 0 saturated heterocycles. The number of carbonyl (C=O) groups is 1. The first-order chi connectivity index (χ1) is 17.6. The maximum absolute atomic E-state index is 13.1. The molecule has 11 heteroatoms. The van der Waals surface area contributed by atoms with Crippen LogP contribution in [0.4, 0.5) is 10.2 Å². The molecule has 0 unspecified atom stereocenters. The fourth-order valence-electron chi connectivity index (χ4n) is 3.86. The maximum atomic E-state index is 13.1. The van der Waals surface area contributed by atoms with Crippen LogP contribution in [0.2, 0.25) is 0 Å². The number of hydrogen-bond donors (Lipinski definition) is 2. The second kappa shape index (κ2) is 10.3. The standard InChI is InChI=1S/C25H23FN8O2/c26-18-7-5-17(6-8-18)13-28-23-20-14-32-34(24(20)30-15-29-23)12-10-27-22(35)9-11-33-16-31-21-4-2-1-3-19(21)25(33)36/h1-8,14-16H,9-13H2,(H,27,35)(H,28,29,30). The molecule has 0 aliphatic rings. The summed E-state index contributed by atoms with van der Waals surface area (Å²) in [5.41, 5.74) is 2.02. The summed E-state index contributed by atoms with van der Waals surface area (Å²) in [6, 6.07) is 13.4. The molecule has 3 heterocycles. The molecular formula is C25H23FN8O2. The number of nitrogens with one attached hydrogen (secondary N) is 2. The third kappa shape index (κ3) is 5.04. The van der Waals surface area contributed by atoms with E-state index in [9.17, 15) is 14.0 Å². The Bertz CT molecular complexity index is 1580. The van der Waals surface area contributed by atoms with Gasteiger partial charge in [-0.05, 0) is 29.8 Å². The quantitative estimate of drug-likeness (QED) is 0.328. The van der Waals surface area contributed by atoms with Crippen LogP contribution < -0.4 is 16.2 Å². The molecule has 10 nitrogen and oxygen atoms in total. The molecule has 5 aromatic rings. The van der Waals surface area contributed by atoms with E-state index in [4.69, 9.17) is 0 Å². The highest BCUT2D eigenvalue weighted by Crippen LogP contribution is 2.19. The minimum atomic E-state index is -0.281. The number of benzene rings is 2. The summed E-state index contributed by atoms with van der Waals surface area (Å²) in [7, 11) is 0. The van der Waals surface area contributed by atoms with Crippen LogP contribution >= 0.6 is 0 Å². The van der Waals surface area contributed by atoms with E-state index >= 15 is 0 Å². The van der Waals surface area contributed by atoms with E-state index in [1.807, 2.05) is 6.07 Å². The Morgan fingerprint density at radius 3 is 2.67 bits per heavy atom. The Kier molecular flexibility index (Phi) is 6.61. The molecule has 1 amide bonds. The number of amides is 1. The van der Waals surface area contributed by atoms with Crippen LogP contribution in [-0.4, -0.2) is 41.8 Å². The summed E-state index contributed by atoms with van der Waals surface area (Å²) in [6.45, 7) is 1.48. The van der Waals surface area contributed by atoms with Gasteiger partial charge in [0.1, 0.15) is 18.0 Å². The Balaban J connectivity index is 1.15. The molecule has 0 bridgehead atoms. The topological polar surface area (TPSA) is 120 Å². The largest absolute Gasteiger partial charge is 0.365 e. The summed E-state index contributed by atoms with van der Waals surface area (Å²) in [5.74, 6) is 0.160. The van der Waals surface area contributed by atoms with E-state index in [1.165, 1.54) is 29.4 Å². The number of hydrogen-bond acceptors (Lipinski definition) is 7. The van der Waals surface area contributed by atoms with Gasteiger partial charge in [-0.3, -0.25) is 14.2 Å². The van der Waals surface area contributed by atoms with Gasteiger partial charge < -0.3 is 10.6 Å². The van der Waals surface area contributed by atoms with Crippen LogP contribution in [0.15, 0.2) is 72.2 Å². The number of rotatable bonds is 9. The van der Waals surface area contributed by atoms with Crippen molar-refractivity contribution in [1.82, 2.24) is 34.6 Å². The summed E-state index contributed by atoms with van der Waals surface area (Å²) in [4.78, 5) is 37.8. The molecule has 5 rings (SSSR count). The van der Waals surface area contributed by atoms with Crippen molar-refractivity contribution >= 4 is 33.7 Å². The first-order valence-electron chi connectivity index (χ1n) is 11.4. The van der Waals surface area contributed by atoms with E-state index < -0.39 is 0 Å². The molecule has 3 aromatic heterocycles. The van der Waals surface area contributed by atoms with Gasteiger partial charge in [0.15, 0.2) is 5.65 Å². The molecule has 2 aromatic carbocycles. The Hall–Kier alpha value is -4.67.